The van der Waals surface area contributed by atoms with Crippen molar-refractivity contribution in [1.82, 2.24) is 10.5 Å². The van der Waals surface area contributed by atoms with Crippen LogP contribution in [0, 0.1) is 6.92 Å². The van der Waals surface area contributed by atoms with Gasteiger partial charge in [-0.05, 0) is 72.7 Å². The van der Waals surface area contributed by atoms with Crippen LogP contribution < -0.4 is 20.7 Å². The van der Waals surface area contributed by atoms with Gasteiger partial charge in [-0.3, -0.25) is 14.4 Å². The number of rotatable bonds is 11. The van der Waals surface area contributed by atoms with Gasteiger partial charge in [-0.15, -0.1) is 11.8 Å². The lowest BCUT2D eigenvalue weighted by atomic mass is 10.1. The lowest BCUT2D eigenvalue weighted by Crippen LogP contribution is -2.30. The van der Waals surface area contributed by atoms with Gasteiger partial charge in [0, 0.05) is 22.2 Å². The molecule has 226 valence electrons. The highest BCUT2D eigenvalue weighted by molar-refractivity contribution is 8.00. The van der Waals surface area contributed by atoms with Crippen molar-refractivity contribution >= 4 is 47.1 Å². The summed E-state index contributed by atoms with van der Waals surface area (Å²) in [6.07, 6.45) is 1.59. The van der Waals surface area contributed by atoms with E-state index in [2.05, 4.69) is 21.1 Å². The Kier molecular flexibility index (Phi) is 10.1. The van der Waals surface area contributed by atoms with Gasteiger partial charge in [-0.1, -0.05) is 65.8 Å². The molecule has 0 radical (unpaired) electrons. The second-order valence-corrected chi connectivity index (χ2v) is 11.0. The molecule has 5 rings (SSSR count). The van der Waals surface area contributed by atoms with E-state index in [1.807, 2.05) is 48.5 Å². The number of nitrogens with zero attached hydrogens (tertiary/aromatic N) is 1. The maximum atomic E-state index is 13.5. The second kappa shape index (κ2) is 14.7. The number of carbonyl (C=O) groups is 3. The molecule has 0 aliphatic carbocycles. The first-order valence-corrected chi connectivity index (χ1v) is 14.9. The quantitative estimate of drug-likeness (QED) is 0.109. The summed E-state index contributed by atoms with van der Waals surface area (Å²) in [7, 11) is 1.56. The number of hydrogen-bond acceptors (Lipinski definition) is 7. The predicted molar refractivity (Wildman–Crippen MR) is 175 cm³/mol. The molecule has 0 saturated heterocycles. The topological polar surface area (TPSA) is 123 Å². The number of anilines is 2. The molecule has 3 N–H and O–H groups in total. The summed E-state index contributed by atoms with van der Waals surface area (Å²) in [6, 6.07) is 34.0. The van der Waals surface area contributed by atoms with Crippen molar-refractivity contribution in [2.24, 2.45) is 0 Å². The minimum absolute atomic E-state index is 0.0551. The van der Waals surface area contributed by atoms with Gasteiger partial charge >= 0.3 is 0 Å². The van der Waals surface area contributed by atoms with Crippen LogP contribution >= 0.6 is 11.8 Å². The average Bonchev–Trinajstić information content (AvgIpc) is 3.48. The van der Waals surface area contributed by atoms with Crippen molar-refractivity contribution in [2.45, 2.75) is 17.1 Å². The molecule has 3 amide bonds. The van der Waals surface area contributed by atoms with E-state index in [-0.39, 0.29) is 11.6 Å². The number of ether oxygens (including phenoxy) is 1. The largest absolute Gasteiger partial charge is 0.497 e. The van der Waals surface area contributed by atoms with E-state index in [0.29, 0.717) is 34.1 Å². The van der Waals surface area contributed by atoms with Crippen LogP contribution in [-0.4, -0.2) is 30.0 Å². The third-order valence-corrected chi connectivity index (χ3v) is 7.79. The van der Waals surface area contributed by atoms with Crippen LogP contribution in [0.15, 0.2) is 130 Å². The summed E-state index contributed by atoms with van der Waals surface area (Å²) in [6.45, 7) is 1.75. The van der Waals surface area contributed by atoms with E-state index >= 15 is 0 Å². The van der Waals surface area contributed by atoms with Crippen molar-refractivity contribution in [1.29, 1.82) is 0 Å². The maximum Gasteiger partial charge on any atom is 0.272 e. The molecule has 1 unspecified atom stereocenters. The summed E-state index contributed by atoms with van der Waals surface area (Å²) >= 11 is 1.36. The molecular weight excluding hydrogens is 588 g/mol. The molecule has 0 fully saturated rings. The number of aryl methyl sites for hydroxylation is 1. The van der Waals surface area contributed by atoms with Crippen LogP contribution in [0.4, 0.5) is 11.5 Å². The Morgan fingerprint density at radius 3 is 2.22 bits per heavy atom. The maximum absolute atomic E-state index is 13.5. The zero-order chi connectivity index (χ0) is 31.6. The number of nitrogens with one attached hydrogen (secondary N) is 3. The van der Waals surface area contributed by atoms with E-state index in [4.69, 9.17) is 9.26 Å². The van der Waals surface area contributed by atoms with Crippen molar-refractivity contribution in [2.75, 3.05) is 17.7 Å². The number of thioether (sulfide) groups is 1. The van der Waals surface area contributed by atoms with E-state index in [9.17, 15) is 14.4 Å². The van der Waals surface area contributed by atoms with Gasteiger partial charge < -0.3 is 25.2 Å². The summed E-state index contributed by atoms with van der Waals surface area (Å²) in [5.41, 5.74) is 2.47. The fourth-order valence-corrected chi connectivity index (χ4v) is 5.33. The minimum Gasteiger partial charge on any atom is -0.497 e. The molecule has 0 saturated carbocycles. The number of methoxy groups -OCH3 is 1. The summed E-state index contributed by atoms with van der Waals surface area (Å²) < 4.78 is 10.4. The van der Waals surface area contributed by atoms with Crippen LogP contribution in [0.25, 0.3) is 6.08 Å². The van der Waals surface area contributed by atoms with Crippen molar-refractivity contribution in [3.8, 4) is 5.75 Å². The van der Waals surface area contributed by atoms with E-state index < -0.39 is 17.1 Å². The third kappa shape index (κ3) is 8.49. The lowest BCUT2D eigenvalue weighted by molar-refractivity contribution is -0.116. The molecule has 1 atom stereocenters. The van der Waals surface area contributed by atoms with Gasteiger partial charge in [0.2, 0.25) is 5.91 Å². The fourth-order valence-electron chi connectivity index (χ4n) is 4.31. The van der Waals surface area contributed by atoms with E-state index in [1.54, 1.807) is 86.8 Å². The number of amides is 3. The van der Waals surface area contributed by atoms with Gasteiger partial charge in [0.25, 0.3) is 11.8 Å². The Bertz CT molecular complexity index is 1810. The Balaban J connectivity index is 1.33. The van der Waals surface area contributed by atoms with Gasteiger partial charge in [0.1, 0.15) is 22.5 Å². The number of benzene rings is 4. The summed E-state index contributed by atoms with van der Waals surface area (Å²) in [5, 5.41) is 11.7. The minimum atomic E-state index is -0.575. The molecule has 9 nitrogen and oxygen atoms in total. The lowest BCUT2D eigenvalue weighted by Gasteiger charge is -2.16. The van der Waals surface area contributed by atoms with Gasteiger partial charge in [0.15, 0.2) is 5.82 Å². The Morgan fingerprint density at radius 2 is 1.56 bits per heavy atom. The highest BCUT2D eigenvalue weighted by Gasteiger charge is 2.23. The number of hydrogen-bond donors (Lipinski definition) is 3. The van der Waals surface area contributed by atoms with Crippen molar-refractivity contribution in [3.63, 3.8) is 0 Å². The highest BCUT2D eigenvalue weighted by atomic mass is 32.2. The normalized spacial score (nSPS) is 11.7. The predicted octanol–water partition coefficient (Wildman–Crippen LogP) is 6.87. The van der Waals surface area contributed by atoms with E-state index in [1.165, 1.54) is 11.8 Å². The molecule has 0 aliphatic heterocycles. The molecule has 1 heterocycles. The molecule has 45 heavy (non-hydrogen) atoms. The van der Waals surface area contributed by atoms with Crippen molar-refractivity contribution in [3.05, 3.63) is 143 Å². The first kappa shape index (κ1) is 30.8. The van der Waals surface area contributed by atoms with Gasteiger partial charge in [-0.2, -0.15) is 0 Å². The van der Waals surface area contributed by atoms with Gasteiger partial charge in [-0.25, -0.2) is 0 Å². The molecular formula is C35H30N4O5S. The van der Waals surface area contributed by atoms with Crippen LogP contribution in [0.1, 0.15) is 32.5 Å². The summed E-state index contributed by atoms with van der Waals surface area (Å²) in [4.78, 5) is 40.5. The smallest absolute Gasteiger partial charge is 0.272 e. The molecule has 0 bridgehead atoms. The Morgan fingerprint density at radius 1 is 0.844 bits per heavy atom. The standard InChI is InChI=1S/C35H30N4O5S/c1-23-20-31(39-44-23)38-35(42)32(25-11-5-3-6-12-25)45-29-18-16-27(17-19-29)36-34(41)30(22-24-10-9-15-28(21-24)43-2)37-33(40)26-13-7-4-8-14-26/h3-22,32H,1-2H3,(H,36,41)(H,37,40)(H,38,39,42)/b30-22-. The van der Waals surface area contributed by atoms with Crippen LogP contribution in [-0.2, 0) is 9.59 Å². The first-order chi connectivity index (χ1) is 21.9. The molecule has 10 heteroatoms. The molecule has 5 aromatic rings. The molecule has 0 aliphatic rings. The van der Waals surface area contributed by atoms with Crippen LogP contribution in [0.5, 0.6) is 5.75 Å². The van der Waals surface area contributed by atoms with Crippen LogP contribution in [0.3, 0.4) is 0 Å². The van der Waals surface area contributed by atoms with Crippen LogP contribution in [0.2, 0.25) is 0 Å². The van der Waals surface area contributed by atoms with Gasteiger partial charge in [0.05, 0.1) is 7.11 Å². The number of aromatic nitrogens is 1. The number of carbonyl (C=O) groups excluding carboxylic acids is 3. The molecule has 1 aromatic heterocycles. The molecule has 0 spiro atoms. The SMILES string of the molecule is COc1cccc(/C=C(\NC(=O)c2ccccc2)C(=O)Nc2ccc(SC(C(=O)Nc3cc(C)on3)c3ccccc3)cc2)c1. The Hall–Kier alpha value is -5.61. The Labute approximate surface area is 264 Å². The highest BCUT2D eigenvalue weighted by Crippen LogP contribution is 2.36. The first-order valence-electron chi connectivity index (χ1n) is 14.0. The molecule has 4 aromatic carbocycles. The third-order valence-electron chi connectivity index (χ3n) is 6.52. The zero-order valence-electron chi connectivity index (χ0n) is 24.5. The second-order valence-electron chi connectivity index (χ2n) is 9.85. The zero-order valence-corrected chi connectivity index (χ0v) is 25.3. The van der Waals surface area contributed by atoms with E-state index in [0.717, 1.165) is 10.5 Å². The van der Waals surface area contributed by atoms with Crippen molar-refractivity contribution < 1.29 is 23.6 Å². The fraction of sp³-hybridized carbons (Fsp3) is 0.0857. The average molecular weight is 619 g/mol. The summed E-state index contributed by atoms with van der Waals surface area (Å²) in [5.74, 6) is 0.370. The monoisotopic (exact) mass is 618 g/mol.